The summed E-state index contributed by atoms with van der Waals surface area (Å²) in [6, 6.07) is 5.23. The SMILES string of the molecule is CCNC(=O)c1ccc(-n2cc(C(=O)NC3CC3)nn2)c(OCCCl)c1. The summed E-state index contributed by atoms with van der Waals surface area (Å²) in [6.07, 6.45) is 3.53. The quantitative estimate of drug-likeness (QED) is 0.680. The highest BCUT2D eigenvalue weighted by Gasteiger charge is 2.25. The second-order valence-electron chi connectivity index (χ2n) is 5.88. The van der Waals surface area contributed by atoms with Gasteiger partial charge in [0.25, 0.3) is 11.8 Å². The first kappa shape index (κ1) is 18.2. The molecule has 138 valence electrons. The van der Waals surface area contributed by atoms with Crippen LogP contribution < -0.4 is 15.4 Å². The standard InChI is InChI=1S/C17H20ClN5O3/c1-2-19-16(24)11-3-6-14(15(9-11)26-8-7-18)23-10-13(21-22-23)17(25)20-12-4-5-12/h3,6,9-10,12H,2,4-5,7-8H2,1H3,(H,19,24)(H,20,25). The number of nitrogens with one attached hydrogen (secondary N) is 2. The molecular weight excluding hydrogens is 358 g/mol. The van der Waals surface area contributed by atoms with Crippen LogP contribution in [-0.2, 0) is 0 Å². The normalized spacial score (nSPS) is 13.3. The molecule has 0 radical (unpaired) electrons. The molecule has 9 heteroatoms. The monoisotopic (exact) mass is 377 g/mol. The van der Waals surface area contributed by atoms with Crippen molar-refractivity contribution >= 4 is 23.4 Å². The zero-order chi connectivity index (χ0) is 18.5. The van der Waals surface area contributed by atoms with Crippen molar-refractivity contribution < 1.29 is 14.3 Å². The van der Waals surface area contributed by atoms with Gasteiger partial charge in [0.1, 0.15) is 18.0 Å². The molecule has 2 aromatic rings. The molecule has 0 bridgehead atoms. The fourth-order valence-corrected chi connectivity index (χ4v) is 2.42. The molecule has 1 heterocycles. The van der Waals surface area contributed by atoms with Crippen LogP contribution in [0.3, 0.4) is 0 Å². The number of amides is 2. The minimum atomic E-state index is -0.249. The maximum Gasteiger partial charge on any atom is 0.273 e. The van der Waals surface area contributed by atoms with E-state index in [0.717, 1.165) is 12.8 Å². The lowest BCUT2D eigenvalue weighted by molar-refractivity contribution is 0.0941. The maximum atomic E-state index is 12.1. The van der Waals surface area contributed by atoms with Crippen molar-refractivity contribution in [2.24, 2.45) is 0 Å². The van der Waals surface area contributed by atoms with Gasteiger partial charge in [0.2, 0.25) is 0 Å². The number of hydrogen-bond donors (Lipinski definition) is 2. The van der Waals surface area contributed by atoms with Crippen molar-refractivity contribution in [2.75, 3.05) is 19.0 Å². The van der Waals surface area contributed by atoms with Gasteiger partial charge in [-0.25, -0.2) is 4.68 Å². The zero-order valence-electron chi connectivity index (χ0n) is 14.4. The number of carbonyl (C=O) groups is 2. The summed E-state index contributed by atoms with van der Waals surface area (Å²) < 4.78 is 7.10. The van der Waals surface area contributed by atoms with E-state index in [9.17, 15) is 9.59 Å². The Bertz CT molecular complexity index is 803. The van der Waals surface area contributed by atoms with Gasteiger partial charge < -0.3 is 15.4 Å². The van der Waals surface area contributed by atoms with Gasteiger partial charge in [0.05, 0.1) is 12.1 Å². The van der Waals surface area contributed by atoms with E-state index in [2.05, 4.69) is 20.9 Å². The Kier molecular flexibility index (Phi) is 5.72. The number of nitrogens with zero attached hydrogens (tertiary/aromatic N) is 3. The van der Waals surface area contributed by atoms with Crippen molar-refractivity contribution in [2.45, 2.75) is 25.8 Å². The number of benzene rings is 1. The Hall–Kier alpha value is -2.61. The van der Waals surface area contributed by atoms with Gasteiger partial charge in [-0.3, -0.25) is 9.59 Å². The van der Waals surface area contributed by atoms with Crippen LogP contribution in [0.4, 0.5) is 0 Å². The van der Waals surface area contributed by atoms with Gasteiger partial charge in [-0.05, 0) is 38.0 Å². The highest BCUT2D eigenvalue weighted by molar-refractivity contribution is 6.18. The molecule has 0 unspecified atom stereocenters. The largest absolute Gasteiger partial charge is 0.490 e. The zero-order valence-corrected chi connectivity index (χ0v) is 15.1. The summed E-state index contributed by atoms with van der Waals surface area (Å²) >= 11 is 5.71. The molecule has 2 amide bonds. The molecule has 1 aromatic heterocycles. The van der Waals surface area contributed by atoms with Crippen LogP contribution in [0.5, 0.6) is 5.75 Å². The number of halogens is 1. The van der Waals surface area contributed by atoms with E-state index in [1.807, 2.05) is 6.92 Å². The van der Waals surface area contributed by atoms with Crippen LogP contribution in [0, 0.1) is 0 Å². The predicted molar refractivity (Wildman–Crippen MR) is 96.1 cm³/mol. The molecule has 1 fully saturated rings. The Labute approximate surface area is 155 Å². The summed E-state index contributed by atoms with van der Waals surface area (Å²) in [6.45, 7) is 2.65. The molecule has 1 saturated carbocycles. The molecule has 0 saturated heterocycles. The molecule has 1 aliphatic rings. The van der Waals surface area contributed by atoms with Gasteiger partial charge in [0, 0.05) is 18.2 Å². The summed E-state index contributed by atoms with van der Waals surface area (Å²) in [5.41, 5.74) is 1.26. The summed E-state index contributed by atoms with van der Waals surface area (Å²) in [7, 11) is 0. The van der Waals surface area contributed by atoms with Crippen molar-refractivity contribution in [3.63, 3.8) is 0 Å². The number of alkyl halides is 1. The van der Waals surface area contributed by atoms with Gasteiger partial charge in [-0.2, -0.15) is 0 Å². The van der Waals surface area contributed by atoms with Crippen molar-refractivity contribution in [3.8, 4) is 11.4 Å². The second-order valence-corrected chi connectivity index (χ2v) is 6.25. The fraction of sp³-hybridized carbons (Fsp3) is 0.412. The van der Waals surface area contributed by atoms with E-state index in [0.29, 0.717) is 29.4 Å². The Balaban J connectivity index is 1.86. The molecule has 0 spiro atoms. The van der Waals surface area contributed by atoms with E-state index in [1.54, 1.807) is 18.2 Å². The van der Waals surface area contributed by atoms with Gasteiger partial charge >= 0.3 is 0 Å². The predicted octanol–water partition coefficient (Wildman–Crippen LogP) is 1.53. The molecule has 1 aromatic carbocycles. The second kappa shape index (κ2) is 8.18. The van der Waals surface area contributed by atoms with Crippen LogP contribution in [-0.4, -0.2) is 51.9 Å². The summed E-state index contributed by atoms with van der Waals surface area (Å²) in [4.78, 5) is 24.1. The van der Waals surface area contributed by atoms with Gasteiger partial charge in [-0.1, -0.05) is 5.21 Å². The topological polar surface area (TPSA) is 98.1 Å². The number of ether oxygens (including phenoxy) is 1. The van der Waals surface area contributed by atoms with Crippen LogP contribution >= 0.6 is 11.6 Å². The van der Waals surface area contributed by atoms with Crippen molar-refractivity contribution in [1.82, 2.24) is 25.6 Å². The summed E-state index contributed by atoms with van der Waals surface area (Å²) in [5, 5.41) is 13.5. The first-order valence-electron chi connectivity index (χ1n) is 8.47. The highest BCUT2D eigenvalue weighted by atomic mass is 35.5. The molecule has 3 rings (SSSR count). The third-order valence-corrected chi connectivity index (χ3v) is 3.93. The molecule has 26 heavy (non-hydrogen) atoms. The first-order chi connectivity index (χ1) is 12.6. The van der Waals surface area contributed by atoms with E-state index in [4.69, 9.17) is 16.3 Å². The van der Waals surface area contributed by atoms with Crippen LogP contribution in [0.25, 0.3) is 5.69 Å². The molecule has 0 atom stereocenters. The Morgan fingerprint density at radius 1 is 1.35 bits per heavy atom. The molecule has 8 nitrogen and oxygen atoms in total. The average molecular weight is 378 g/mol. The van der Waals surface area contributed by atoms with E-state index < -0.39 is 0 Å². The van der Waals surface area contributed by atoms with E-state index in [-0.39, 0.29) is 30.2 Å². The number of rotatable bonds is 8. The lowest BCUT2D eigenvalue weighted by Gasteiger charge is -2.12. The Morgan fingerprint density at radius 2 is 2.15 bits per heavy atom. The Morgan fingerprint density at radius 3 is 2.85 bits per heavy atom. The van der Waals surface area contributed by atoms with Crippen molar-refractivity contribution in [3.05, 3.63) is 35.7 Å². The van der Waals surface area contributed by atoms with E-state index >= 15 is 0 Å². The van der Waals surface area contributed by atoms with Crippen LogP contribution in [0.2, 0.25) is 0 Å². The van der Waals surface area contributed by atoms with Gasteiger partial charge in [-0.15, -0.1) is 16.7 Å². The molecule has 0 aliphatic heterocycles. The molecular formula is C17H20ClN5O3. The number of hydrogen-bond acceptors (Lipinski definition) is 5. The van der Waals surface area contributed by atoms with Crippen LogP contribution in [0.15, 0.2) is 24.4 Å². The summed E-state index contributed by atoms with van der Waals surface area (Å²) in [5.74, 6) is 0.296. The number of aromatic nitrogens is 3. The smallest absolute Gasteiger partial charge is 0.273 e. The lowest BCUT2D eigenvalue weighted by atomic mass is 10.1. The van der Waals surface area contributed by atoms with Crippen LogP contribution in [0.1, 0.15) is 40.6 Å². The van der Waals surface area contributed by atoms with E-state index in [1.165, 1.54) is 10.9 Å². The highest BCUT2D eigenvalue weighted by Crippen LogP contribution is 2.25. The maximum absolute atomic E-state index is 12.1. The lowest BCUT2D eigenvalue weighted by Crippen LogP contribution is -2.25. The molecule has 2 N–H and O–H groups in total. The van der Waals surface area contributed by atoms with Crippen molar-refractivity contribution in [1.29, 1.82) is 0 Å². The molecule has 1 aliphatic carbocycles. The average Bonchev–Trinajstić information content (AvgIpc) is 3.32. The minimum Gasteiger partial charge on any atom is -0.490 e. The fourth-order valence-electron chi connectivity index (χ4n) is 2.34. The number of carbonyl (C=O) groups excluding carboxylic acids is 2. The third kappa shape index (κ3) is 4.32. The first-order valence-corrected chi connectivity index (χ1v) is 9.00. The van der Waals surface area contributed by atoms with Gasteiger partial charge in [0.15, 0.2) is 5.69 Å². The third-order valence-electron chi connectivity index (χ3n) is 3.78. The minimum absolute atomic E-state index is 0.196.